The number of carboxylic acid groups (broad SMARTS) is 1. The molecule has 0 saturated carbocycles. The van der Waals surface area contributed by atoms with Crippen LogP contribution in [0.5, 0.6) is 17.2 Å². The highest BCUT2D eigenvalue weighted by Crippen LogP contribution is 2.44. The van der Waals surface area contributed by atoms with Gasteiger partial charge in [0.1, 0.15) is 32.0 Å². The summed E-state index contributed by atoms with van der Waals surface area (Å²) in [4.78, 5) is 18.1. The van der Waals surface area contributed by atoms with Gasteiger partial charge < -0.3 is 35.1 Å². The van der Waals surface area contributed by atoms with Crippen LogP contribution in [0.4, 0.5) is 4.79 Å². The molecule has 19 nitrogen and oxygen atoms in total. The molecule has 22 heteroatoms. The lowest BCUT2D eigenvalue weighted by atomic mass is 9.98. The fourth-order valence-electron chi connectivity index (χ4n) is 8.00. The molecule has 2 aromatic heterocycles. The Morgan fingerprint density at radius 2 is 1.32 bits per heavy atom. The molecular formula is C50H51N9O10S3. The smallest absolute Gasteiger partial charge is 0.407 e. The fraction of sp³-hybridized carbons (Fsp3) is 0.220. The molecule has 374 valence electrons. The molecule has 6 aromatic carbocycles. The Kier molecular flexibility index (Phi) is 15.9. The first-order chi connectivity index (χ1) is 34.7. The maximum Gasteiger partial charge on any atom is 0.407 e. The Morgan fingerprint density at radius 3 is 1.88 bits per heavy atom. The highest BCUT2D eigenvalue weighted by Gasteiger charge is 2.39. The van der Waals surface area contributed by atoms with Crippen molar-refractivity contribution < 1.29 is 46.1 Å². The summed E-state index contributed by atoms with van der Waals surface area (Å²) >= 11 is 1.35. The van der Waals surface area contributed by atoms with E-state index in [1.165, 1.54) is 36.4 Å². The van der Waals surface area contributed by atoms with Crippen LogP contribution in [-0.2, 0) is 52.8 Å². The number of aliphatic hydroxyl groups excluding tert-OH is 1. The number of fused-ring (bicyclic) bond motifs is 1. The van der Waals surface area contributed by atoms with Gasteiger partial charge in [0.2, 0.25) is 25.9 Å². The minimum atomic E-state index is -5.07. The van der Waals surface area contributed by atoms with Crippen LogP contribution < -0.4 is 24.7 Å². The summed E-state index contributed by atoms with van der Waals surface area (Å²) in [7, 11) is -5.54. The van der Waals surface area contributed by atoms with E-state index in [0.29, 0.717) is 50.0 Å². The molecule has 8 aromatic rings. The normalized spacial score (nSPS) is 12.2. The predicted octanol–water partition coefficient (Wildman–Crippen LogP) is 6.36. The Hall–Kier alpha value is -7.31. The van der Waals surface area contributed by atoms with Gasteiger partial charge in [-0.25, -0.2) is 31.3 Å². The maximum atomic E-state index is 16.3. The number of carbonyl (C=O) groups is 1. The number of tetrazole rings is 1. The SMILES string of the molecule is COc1ccc(CN(Cc2ccc(OC)cc2)S(=O)(=O)c2c(S(=O)(=O)N[C@H](CO)CN(Cc3ccccc3)C(=O)O)ccc(-c3cccc4sc(CN)nc34)c2-c2nnn(Cc3ccc(OC)cc3)n2)cc1. The average Bonchev–Trinajstić information content (AvgIpc) is 4.05. The maximum absolute atomic E-state index is 16.3. The number of rotatable bonds is 22. The van der Waals surface area contributed by atoms with E-state index in [2.05, 4.69) is 15.0 Å². The number of benzene rings is 6. The van der Waals surface area contributed by atoms with Gasteiger partial charge in [-0.1, -0.05) is 84.9 Å². The van der Waals surface area contributed by atoms with Crippen molar-refractivity contribution in [3.63, 3.8) is 0 Å². The second-order valence-electron chi connectivity index (χ2n) is 16.4. The molecule has 1 amide bonds. The minimum absolute atomic E-state index is 0.0811. The topological polar surface area (TPSA) is 255 Å². The first-order valence-corrected chi connectivity index (χ1v) is 26.1. The highest BCUT2D eigenvalue weighted by molar-refractivity contribution is 7.92. The highest BCUT2D eigenvalue weighted by atomic mass is 32.2. The van der Waals surface area contributed by atoms with E-state index in [0.717, 1.165) is 25.5 Å². The molecule has 0 aliphatic carbocycles. The Labute approximate surface area is 420 Å². The molecule has 0 spiro atoms. The van der Waals surface area contributed by atoms with Crippen molar-refractivity contribution in [3.8, 4) is 39.8 Å². The Bertz CT molecular complexity index is 3330. The van der Waals surface area contributed by atoms with Gasteiger partial charge in [-0.05, 0) is 81.6 Å². The molecule has 8 rings (SSSR count). The predicted molar refractivity (Wildman–Crippen MR) is 270 cm³/mol. The van der Waals surface area contributed by atoms with Crippen LogP contribution in [-0.4, -0.2) is 108 Å². The summed E-state index contributed by atoms with van der Waals surface area (Å²) in [6.07, 6.45) is -1.38. The zero-order chi connectivity index (χ0) is 51.0. The molecule has 5 N–H and O–H groups in total. The number of nitrogens with zero attached hydrogens (tertiary/aromatic N) is 7. The third-order valence-corrected chi connectivity index (χ3v) is 16.2. The molecule has 0 fully saturated rings. The number of amides is 1. The van der Waals surface area contributed by atoms with E-state index in [9.17, 15) is 15.0 Å². The van der Waals surface area contributed by atoms with E-state index >= 15 is 16.8 Å². The standard InChI is InChI=1S/C50H51N9O10S3/c1-67-38-18-12-34(13-19-38)28-58(29-35-14-20-39(68-2)21-15-35)72(65,66)48-44(71(63,64)55-37(32-60)31-57(50(61)62)27-33-8-5-4-6-9-33)25-24-41(42-10-7-11-43-47(42)52-45(26-51)70-43)46(48)49-53-56-59(54-49)30-36-16-22-40(69-3)23-17-36/h4-25,37,55,60H,26-32,51H2,1-3H3,(H,61,62)/t37-/m0/s1. The molecule has 0 aliphatic rings. The first-order valence-electron chi connectivity index (χ1n) is 22.3. The van der Waals surface area contributed by atoms with Crippen LogP contribution in [0.25, 0.3) is 32.7 Å². The average molecular weight is 1030 g/mol. The number of ether oxygens (including phenoxy) is 3. The molecule has 0 aliphatic heterocycles. The zero-order valence-corrected chi connectivity index (χ0v) is 41.8. The van der Waals surface area contributed by atoms with E-state index in [1.807, 2.05) is 6.07 Å². The zero-order valence-electron chi connectivity index (χ0n) is 39.3. The van der Waals surface area contributed by atoms with Crippen LogP contribution >= 0.6 is 11.3 Å². The van der Waals surface area contributed by atoms with E-state index < -0.39 is 55.1 Å². The van der Waals surface area contributed by atoms with Crippen molar-refractivity contribution in [2.45, 2.75) is 48.6 Å². The molecule has 72 heavy (non-hydrogen) atoms. The van der Waals surface area contributed by atoms with Crippen molar-refractivity contribution in [3.05, 3.63) is 161 Å². The minimum Gasteiger partial charge on any atom is -0.497 e. The van der Waals surface area contributed by atoms with E-state index in [1.54, 1.807) is 122 Å². The van der Waals surface area contributed by atoms with Gasteiger partial charge >= 0.3 is 6.09 Å². The van der Waals surface area contributed by atoms with Crippen molar-refractivity contribution in [2.75, 3.05) is 34.5 Å². The van der Waals surface area contributed by atoms with Gasteiger partial charge in [-0.3, -0.25) is 0 Å². The van der Waals surface area contributed by atoms with E-state index in [-0.39, 0.29) is 49.7 Å². The number of nitrogens with one attached hydrogen (secondary N) is 1. The third-order valence-electron chi connectivity index (χ3n) is 11.6. The molecule has 0 bridgehead atoms. The van der Waals surface area contributed by atoms with Crippen LogP contribution in [0.3, 0.4) is 0 Å². The molecule has 0 radical (unpaired) electrons. The largest absolute Gasteiger partial charge is 0.497 e. The summed E-state index contributed by atoms with van der Waals surface area (Å²) in [5.41, 5.74) is 9.35. The lowest BCUT2D eigenvalue weighted by molar-refractivity contribution is 0.130. The van der Waals surface area contributed by atoms with Gasteiger partial charge in [-0.2, -0.15) is 9.10 Å². The fourth-order valence-corrected chi connectivity index (χ4v) is 12.5. The summed E-state index contributed by atoms with van der Waals surface area (Å²) in [6.45, 7) is -1.83. The molecular weight excluding hydrogens is 983 g/mol. The van der Waals surface area contributed by atoms with Gasteiger partial charge in [0.05, 0.1) is 56.3 Å². The lowest BCUT2D eigenvalue weighted by Crippen LogP contribution is -2.47. The Morgan fingerprint density at radius 1 is 0.736 bits per heavy atom. The van der Waals surface area contributed by atoms with Crippen molar-refractivity contribution in [2.24, 2.45) is 5.73 Å². The molecule has 0 unspecified atom stereocenters. The third kappa shape index (κ3) is 11.6. The first kappa shape index (κ1) is 51.1. The quantitative estimate of drug-likeness (QED) is 0.0576. The number of nitrogens with two attached hydrogens (primary N) is 1. The number of aromatic nitrogens is 5. The molecule has 0 saturated heterocycles. The number of thiazole rings is 1. The van der Waals surface area contributed by atoms with Gasteiger partial charge in [-0.15, -0.1) is 21.5 Å². The second-order valence-corrected chi connectivity index (χ2v) is 21.1. The van der Waals surface area contributed by atoms with Crippen molar-refractivity contribution >= 4 is 47.7 Å². The summed E-state index contributed by atoms with van der Waals surface area (Å²) < 4.78 is 83.4. The number of hydrogen-bond donors (Lipinski definition) is 4. The van der Waals surface area contributed by atoms with Gasteiger partial charge in [0, 0.05) is 38.3 Å². The number of sulfonamides is 2. The molecule has 2 heterocycles. The number of methoxy groups -OCH3 is 3. The second kappa shape index (κ2) is 22.4. The van der Waals surface area contributed by atoms with Gasteiger partial charge in [0.15, 0.2) is 0 Å². The van der Waals surface area contributed by atoms with Crippen molar-refractivity contribution in [1.29, 1.82) is 0 Å². The van der Waals surface area contributed by atoms with Gasteiger partial charge in [0.25, 0.3) is 0 Å². The summed E-state index contributed by atoms with van der Waals surface area (Å²) in [6, 6.07) is 35.8. The lowest BCUT2D eigenvalue weighted by Gasteiger charge is -2.28. The van der Waals surface area contributed by atoms with Crippen molar-refractivity contribution in [1.82, 2.24) is 39.1 Å². The summed E-state index contributed by atoms with van der Waals surface area (Å²) in [5.74, 6) is 1.43. The molecule has 1 atom stereocenters. The van der Waals surface area contributed by atoms with Crippen LogP contribution in [0.2, 0.25) is 0 Å². The summed E-state index contributed by atoms with van der Waals surface area (Å²) in [5, 5.41) is 35.1. The van der Waals surface area contributed by atoms with Crippen LogP contribution in [0.15, 0.2) is 143 Å². The Balaban J connectivity index is 1.37. The number of hydrogen-bond acceptors (Lipinski definition) is 15. The monoisotopic (exact) mass is 1030 g/mol. The van der Waals surface area contributed by atoms with E-state index in [4.69, 9.17) is 30.0 Å². The number of aliphatic hydroxyl groups is 1. The number of para-hydroxylation sites is 1. The van der Waals surface area contributed by atoms with Crippen LogP contribution in [0.1, 0.15) is 27.3 Å². The van der Waals surface area contributed by atoms with Crippen LogP contribution in [0, 0.1) is 0 Å².